The molecule has 3 N–H and O–H groups in total. The van der Waals surface area contributed by atoms with Crippen LogP contribution in [0, 0.1) is 11.8 Å². The highest BCUT2D eigenvalue weighted by Gasteiger charge is 2.30. The molecule has 6 atom stereocenters. The molecule has 0 fully saturated rings. The van der Waals surface area contributed by atoms with Crippen LogP contribution in [0.5, 0.6) is 0 Å². The van der Waals surface area contributed by atoms with Gasteiger partial charge >= 0.3 is 39.5 Å². The number of phosphoric acid groups is 2. The van der Waals surface area contributed by atoms with Crippen LogP contribution in [0.4, 0.5) is 0 Å². The summed E-state index contributed by atoms with van der Waals surface area (Å²) in [5.41, 5.74) is 0. The lowest BCUT2D eigenvalue weighted by Gasteiger charge is -2.21. The lowest BCUT2D eigenvalue weighted by molar-refractivity contribution is -0.161. The lowest BCUT2D eigenvalue weighted by Crippen LogP contribution is -2.30. The molecule has 0 aliphatic heterocycles. The first kappa shape index (κ1) is 92.1. The van der Waals surface area contributed by atoms with Crippen LogP contribution in [0.3, 0.4) is 0 Å². The third-order valence-electron chi connectivity index (χ3n) is 17.8. The zero-order valence-electron chi connectivity index (χ0n) is 61.3. The summed E-state index contributed by atoms with van der Waals surface area (Å²) in [6.07, 6.45) is 54.8. The monoisotopic (exact) mass is 1380 g/mol. The van der Waals surface area contributed by atoms with Crippen molar-refractivity contribution in [2.24, 2.45) is 11.8 Å². The molecule has 0 amide bonds. The van der Waals surface area contributed by atoms with Crippen LogP contribution in [0.1, 0.15) is 388 Å². The average Bonchev–Trinajstić information content (AvgIpc) is 1.24. The number of rotatable bonds is 74. The highest BCUT2D eigenvalue weighted by molar-refractivity contribution is 7.47. The Morgan fingerprint density at radius 2 is 0.543 bits per heavy atom. The Labute approximate surface area is 575 Å². The van der Waals surface area contributed by atoms with Gasteiger partial charge in [0, 0.05) is 25.7 Å². The molecule has 3 unspecified atom stereocenters. The average molecular weight is 1380 g/mol. The first-order chi connectivity index (χ1) is 45.4. The minimum absolute atomic E-state index is 0.102. The number of carbonyl (C=O) groups is 4. The molecule has 0 heterocycles. The minimum Gasteiger partial charge on any atom is -0.462 e. The number of esters is 4. The van der Waals surface area contributed by atoms with Gasteiger partial charge in [-0.2, -0.15) is 0 Å². The number of phosphoric ester groups is 2. The highest BCUT2D eigenvalue weighted by atomic mass is 31.2. The summed E-state index contributed by atoms with van der Waals surface area (Å²) in [6.45, 7) is 9.48. The van der Waals surface area contributed by atoms with Crippen molar-refractivity contribution >= 4 is 39.5 Å². The maximum atomic E-state index is 13.1. The standard InChI is InChI=1S/C75H146O17P2/c1-7-10-12-14-15-16-17-18-19-20-24-27-30-33-36-39-46-52-58-73(78)86-64-71(91-74(79)59-53-47-40-37-34-31-28-25-22-21-23-26-29-32-35-38-44-49-55-67(4)5)66-90-94(83,84)88-62-69(76)61-87-93(81,82)89-65-70(63-85-72(77)57-51-43-13-11-8-2)92-75(80)60-54-48-42-41-45-50-56-68(6)9-3/h67-71,76H,7-66H2,1-6H3,(H,81,82)(H,83,84)/t68?,69-,70+,71+/m0/s1. The van der Waals surface area contributed by atoms with Gasteiger partial charge in [0.25, 0.3) is 0 Å². The molecule has 0 spiro atoms. The van der Waals surface area contributed by atoms with Crippen LogP contribution >= 0.6 is 15.6 Å². The Hall–Kier alpha value is -1.94. The van der Waals surface area contributed by atoms with E-state index in [1.807, 2.05) is 0 Å². The van der Waals surface area contributed by atoms with Gasteiger partial charge in [-0.3, -0.25) is 37.3 Å². The SMILES string of the molecule is CCCCCCCCCCCCCCCCCCCCC(=O)OC[C@H](COP(=O)(O)OC[C@@H](O)COP(=O)(O)OC[C@@H](COC(=O)CCCCCCC)OC(=O)CCCCCCCCC(C)CC)OC(=O)CCCCCCCCCCCCCCCCCCCCC(C)C. The van der Waals surface area contributed by atoms with Gasteiger partial charge in [0.05, 0.1) is 26.4 Å². The molecule has 0 bridgehead atoms. The van der Waals surface area contributed by atoms with Gasteiger partial charge in [0.1, 0.15) is 19.3 Å². The maximum absolute atomic E-state index is 13.1. The first-order valence-corrected chi connectivity index (χ1v) is 42.0. The van der Waals surface area contributed by atoms with Crippen molar-refractivity contribution in [1.82, 2.24) is 0 Å². The summed E-state index contributed by atoms with van der Waals surface area (Å²) >= 11 is 0. The molecule has 0 aromatic carbocycles. The van der Waals surface area contributed by atoms with E-state index in [4.69, 9.17) is 37.0 Å². The van der Waals surface area contributed by atoms with Crippen LogP contribution < -0.4 is 0 Å². The molecular formula is C75H146O17P2. The number of unbranched alkanes of at least 4 members (excludes halogenated alkanes) is 43. The highest BCUT2D eigenvalue weighted by Crippen LogP contribution is 2.45. The Balaban J connectivity index is 5.11. The largest absolute Gasteiger partial charge is 0.472 e. The van der Waals surface area contributed by atoms with E-state index >= 15 is 0 Å². The fourth-order valence-electron chi connectivity index (χ4n) is 11.4. The molecule has 0 rings (SSSR count). The smallest absolute Gasteiger partial charge is 0.462 e. The number of aliphatic hydroxyl groups excluding tert-OH is 1. The van der Waals surface area contributed by atoms with E-state index in [1.54, 1.807) is 0 Å². The Morgan fingerprint density at radius 1 is 0.309 bits per heavy atom. The number of carbonyl (C=O) groups excluding carboxylic acids is 4. The molecule has 19 heteroatoms. The Bertz CT molecular complexity index is 1820. The second kappa shape index (κ2) is 66.9. The van der Waals surface area contributed by atoms with Crippen LogP contribution in [0.25, 0.3) is 0 Å². The summed E-state index contributed by atoms with van der Waals surface area (Å²) in [4.78, 5) is 72.4. The molecule has 558 valence electrons. The van der Waals surface area contributed by atoms with Gasteiger partial charge in [-0.15, -0.1) is 0 Å². The van der Waals surface area contributed by atoms with Crippen LogP contribution in [0.2, 0.25) is 0 Å². The van der Waals surface area contributed by atoms with Gasteiger partial charge in [-0.1, -0.05) is 337 Å². The minimum atomic E-state index is -4.95. The molecule has 0 saturated heterocycles. The van der Waals surface area contributed by atoms with Gasteiger partial charge in [-0.05, 0) is 37.5 Å². The van der Waals surface area contributed by atoms with E-state index in [1.165, 1.54) is 199 Å². The summed E-state index contributed by atoms with van der Waals surface area (Å²) in [5, 5.41) is 10.6. The van der Waals surface area contributed by atoms with Crippen molar-refractivity contribution in [3.05, 3.63) is 0 Å². The van der Waals surface area contributed by atoms with Gasteiger partial charge < -0.3 is 33.8 Å². The molecular weight excluding hydrogens is 1230 g/mol. The molecule has 0 aromatic heterocycles. The van der Waals surface area contributed by atoms with Crippen molar-refractivity contribution < 1.29 is 80.2 Å². The molecule has 0 aromatic rings. The maximum Gasteiger partial charge on any atom is 0.472 e. The van der Waals surface area contributed by atoms with E-state index in [2.05, 4.69) is 41.5 Å². The van der Waals surface area contributed by atoms with E-state index in [-0.39, 0.29) is 25.7 Å². The van der Waals surface area contributed by atoms with Crippen molar-refractivity contribution in [3.63, 3.8) is 0 Å². The number of hydrogen-bond donors (Lipinski definition) is 3. The summed E-state index contributed by atoms with van der Waals surface area (Å²) < 4.78 is 68.2. The zero-order chi connectivity index (χ0) is 69.3. The second-order valence-corrected chi connectivity index (χ2v) is 30.7. The Morgan fingerprint density at radius 3 is 0.809 bits per heavy atom. The van der Waals surface area contributed by atoms with E-state index in [0.29, 0.717) is 25.7 Å². The topological polar surface area (TPSA) is 237 Å². The number of hydrogen-bond acceptors (Lipinski definition) is 15. The second-order valence-electron chi connectivity index (χ2n) is 27.8. The van der Waals surface area contributed by atoms with Crippen molar-refractivity contribution in [2.45, 2.75) is 407 Å². The molecule has 0 aliphatic rings. The number of ether oxygens (including phenoxy) is 4. The third kappa shape index (κ3) is 67.3. The Kier molecular flexibility index (Phi) is 65.5. The molecule has 0 saturated carbocycles. The van der Waals surface area contributed by atoms with E-state index in [9.17, 15) is 43.2 Å². The van der Waals surface area contributed by atoms with Crippen LogP contribution in [-0.2, 0) is 65.4 Å². The fraction of sp³-hybridized carbons (Fsp3) is 0.947. The lowest BCUT2D eigenvalue weighted by atomic mass is 10.00. The van der Waals surface area contributed by atoms with E-state index < -0.39 is 97.5 Å². The molecule has 0 radical (unpaired) electrons. The predicted molar refractivity (Wildman–Crippen MR) is 381 cm³/mol. The zero-order valence-corrected chi connectivity index (χ0v) is 63.1. The molecule has 17 nitrogen and oxygen atoms in total. The van der Waals surface area contributed by atoms with E-state index in [0.717, 1.165) is 108 Å². The van der Waals surface area contributed by atoms with Crippen LogP contribution in [0.15, 0.2) is 0 Å². The van der Waals surface area contributed by atoms with Gasteiger partial charge in [0.2, 0.25) is 0 Å². The van der Waals surface area contributed by atoms with Gasteiger partial charge in [0.15, 0.2) is 12.2 Å². The van der Waals surface area contributed by atoms with Gasteiger partial charge in [-0.25, -0.2) is 9.13 Å². The summed E-state index contributed by atoms with van der Waals surface area (Å²) in [5.74, 6) is -0.591. The molecule has 0 aliphatic carbocycles. The van der Waals surface area contributed by atoms with Crippen LogP contribution in [-0.4, -0.2) is 96.7 Å². The third-order valence-corrected chi connectivity index (χ3v) is 19.7. The fourth-order valence-corrected chi connectivity index (χ4v) is 13.0. The van der Waals surface area contributed by atoms with Crippen molar-refractivity contribution in [3.8, 4) is 0 Å². The van der Waals surface area contributed by atoms with Crippen molar-refractivity contribution in [1.29, 1.82) is 0 Å². The first-order valence-electron chi connectivity index (χ1n) is 39.0. The summed E-state index contributed by atoms with van der Waals surface area (Å²) in [7, 11) is -9.90. The number of aliphatic hydroxyl groups is 1. The summed E-state index contributed by atoms with van der Waals surface area (Å²) in [6, 6.07) is 0. The van der Waals surface area contributed by atoms with Crippen molar-refractivity contribution in [2.75, 3.05) is 39.6 Å². The predicted octanol–water partition coefficient (Wildman–Crippen LogP) is 21.9. The quantitative estimate of drug-likeness (QED) is 0.0222. The molecule has 94 heavy (non-hydrogen) atoms. The normalized spacial score (nSPS) is 14.3.